The van der Waals surface area contributed by atoms with Crippen LogP contribution >= 0.6 is 0 Å². The number of carbonyl (C=O) groups is 1. The zero-order valence-electron chi connectivity index (χ0n) is 9.88. The highest BCUT2D eigenvalue weighted by atomic mass is 16.2. The van der Waals surface area contributed by atoms with Crippen LogP contribution in [0.4, 0.5) is 0 Å². The van der Waals surface area contributed by atoms with Gasteiger partial charge >= 0.3 is 0 Å². The maximum absolute atomic E-state index is 12.0. The summed E-state index contributed by atoms with van der Waals surface area (Å²) < 4.78 is 2.82. The van der Waals surface area contributed by atoms with Crippen molar-refractivity contribution in [3.8, 4) is 12.3 Å². The van der Waals surface area contributed by atoms with Crippen molar-refractivity contribution in [1.29, 1.82) is 0 Å². The summed E-state index contributed by atoms with van der Waals surface area (Å²) in [5.41, 5.74) is 0.940. The summed E-state index contributed by atoms with van der Waals surface area (Å²) in [6, 6.07) is 1.68. The first-order chi connectivity index (χ1) is 8.61. The molecule has 18 heavy (non-hydrogen) atoms. The fourth-order valence-electron chi connectivity index (χ4n) is 1.63. The third-order valence-corrected chi connectivity index (χ3v) is 2.43. The van der Waals surface area contributed by atoms with Crippen LogP contribution < -0.4 is 10.9 Å². The first-order valence-electron chi connectivity index (χ1n) is 5.37. The minimum Gasteiger partial charge on any atom is -0.344 e. The molecule has 0 fully saturated rings. The molecule has 0 bridgehead atoms. The maximum atomic E-state index is 12.0. The first-order valence-corrected chi connectivity index (χ1v) is 5.37. The third kappa shape index (κ3) is 2.25. The lowest BCUT2D eigenvalue weighted by atomic mass is 10.4. The van der Waals surface area contributed by atoms with Crippen LogP contribution in [0.1, 0.15) is 5.69 Å². The lowest BCUT2D eigenvalue weighted by Crippen LogP contribution is -2.32. The van der Waals surface area contributed by atoms with Crippen LogP contribution in [-0.4, -0.2) is 26.6 Å². The average Bonchev–Trinajstić information content (AvgIpc) is 2.72. The Balaban J connectivity index is 2.29. The van der Waals surface area contributed by atoms with Gasteiger partial charge in [0, 0.05) is 12.4 Å². The highest BCUT2D eigenvalue weighted by Crippen LogP contribution is 1.99. The number of nitrogens with zero attached hydrogens (tertiary/aromatic N) is 3. The lowest BCUT2D eigenvalue weighted by Gasteiger charge is -2.05. The van der Waals surface area contributed by atoms with Crippen molar-refractivity contribution in [2.24, 2.45) is 0 Å². The fourth-order valence-corrected chi connectivity index (χ4v) is 1.63. The van der Waals surface area contributed by atoms with Crippen molar-refractivity contribution in [2.45, 2.75) is 13.5 Å². The summed E-state index contributed by atoms with van der Waals surface area (Å²) in [6.45, 7) is 1.90. The van der Waals surface area contributed by atoms with Gasteiger partial charge in [-0.25, -0.2) is 4.52 Å². The van der Waals surface area contributed by atoms with Gasteiger partial charge < -0.3 is 9.88 Å². The van der Waals surface area contributed by atoms with Crippen LogP contribution in [-0.2, 0) is 11.3 Å². The topological polar surface area (TPSA) is 68.4 Å². The van der Waals surface area contributed by atoms with E-state index in [1.165, 1.54) is 15.3 Å². The SMILES string of the molecule is C#CCNC(=O)Cn1ccn2nc(C)cc2c1=O. The van der Waals surface area contributed by atoms with Crippen molar-refractivity contribution in [2.75, 3.05) is 6.54 Å². The minimum atomic E-state index is -0.296. The molecule has 6 heteroatoms. The lowest BCUT2D eigenvalue weighted by molar-refractivity contribution is -0.121. The number of rotatable bonds is 3. The number of terminal acetylenes is 1. The number of amides is 1. The van der Waals surface area contributed by atoms with Crippen molar-refractivity contribution in [3.63, 3.8) is 0 Å². The summed E-state index contributed by atoms with van der Waals surface area (Å²) in [7, 11) is 0. The van der Waals surface area contributed by atoms with Crippen molar-refractivity contribution in [3.05, 3.63) is 34.5 Å². The number of hydrogen-bond donors (Lipinski definition) is 1. The molecule has 92 valence electrons. The second-order valence-electron chi connectivity index (χ2n) is 3.83. The van der Waals surface area contributed by atoms with E-state index >= 15 is 0 Å². The van der Waals surface area contributed by atoms with Crippen LogP contribution in [0, 0.1) is 19.3 Å². The molecular formula is C12H12N4O2. The monoisotopic (exact) mass is 244 g/mol. The van der Waals surface area contributed by atoms with E-state index in [2.05, 4.69) is 16.3 Å². The Morgan fingerprint density at radius 3 is 3.06 bits per heavy atom. The number of hydrogen-bond acceptors (Lipinski definition) is 3. The summed E-state index contributed by atoms with van der Waals surface area (Å²) in [6.07, 6.45) is 8.19. The second-order valence-corrected chi connectivity index (χ2v) is 3.83. The predicted octanol–water partition coefficient (Wildman–Crippen LogP) is -0.446. The van der Waals surface area contributed by atoms with Gasteiger partial charge in [-0.05, 0) is 13.0 Å². The fraction of sp³-hybridized carbons (Fsp3) is 0.250. The Labute approximate surface area is 103 Å². The maximum Gasteiger partial charge on any atom is 0.277 e. The Kier molecular flexibility index (Phi) is 3.15. The molecule has 6 nitrogen and oxygen atoms in total. The highest BCUT2D eigenvalue weighted by molar-refractivity contribution is 5.76. The molecule has 2 heterocycles. The van der Waals surface area contributed by atoms with E-state index in [0.717, 1.165) is 5.69 Å². The molecule has 2 aromatic rings. The summed E-state index contributed by atoms with van der Waals surface area (Å²) in [5, 5.41) is 6.62. The molecule has 0 saturated carbocycles. The second kappa shape index (κ2) is 4.75. The summed E-state index contributed by atoms with van der Waals surface area (Å²) >= 11 is 0. The van der Waals surface area contributed by atoms with Crippen LogP contribution in [0.3, 0.4) is 0 Å². The molecule has 0 atom stereocenters. The van der Waals surface area contributed by atoms with E-state index in [1.54, 1.807) is 19.2 Å². The van der Waals surface area contributed by atoms with Crippen molar-refractivity contribution in [1.82, 2.24) is 19.5 Å². The van der Waals surface area contributed by atoms with E-state index in [9.17, 15) is 9.59 Å². The smallest absolute Gasteiger partial charge is 0.277 e. The molecular weight excluding hydrogens is 232 g/mol. The Bertz CT molecular complexity index is 690. The van der Waals surface area contributed by atoms with Crippen LogP contribution in [0.25, 0.3) is 5.52 Å². The number of aromatic nitrogens is 3. The zero-order valence-corrected chi connectivity index (χ0v) is 9.88. The Morgan fingerprint density at radius 1 is 1.56 bits per heavy atom. The molecule has 1 N–H and O–H groups in total. The van der Waals surface area contributed by atoms with Crippen molar-refractivity contribution >= 4 is 11.4 Å². The standard InChI is InChI=1S/C12H12N4O2/c1-3-4-13-11(17)8-15-5-6-16-10(12(15)18)7-9(2)14-16/h1,5-7H,4,8H2,2H3,(H,13,17). The quantitative estimate of drug-likeness (QED) is 0.744. The summed E-state index contributed by atoms with van der Waals surface area (Å²) in [4.78, 5) is 23.5. The summed E-state index contributed by atoms with van der Waals surface area (Å²) in [5.74, 6) is 2.00. The predicted molar refractivity (Wildman–Crippen MR) is 66.0 cm³/mol. The number of carbonyl (C=O) groups excluding carboxylic acids is 1. The van der Waals surface area contributed by atoms with E-state index < -0.39 is 0 Å². The normalized spacial score (nSPS) is 10.2. The van der Waals surface area contributed by atoms with E-state index in [4.69, 9.17) is 6.42 Å². The molecule has 0 aliphatic heterocycles. The molecule has 0 aromatic carbocycles. The van der Waals surface area contributed by atoms with Gasteiger partial charge in [0.1, 0.15) is 12.1 Å². The van der Waals surface area contributed by atoms with E-state index in [1.807, 2.05) is 0 Å². The van der Waals surface area contributed by atoms with Gasteiger partial charge in [0.15, 0.2) is 0 Å². The molecule has 0 aliphatic rings. The van der Waals surface area contributed by atoms with Gasteiger partial charge in [0.05, 0.1) is 12.2 Å². The van der Waals surface area contributed by atoms with Crippen molar-refractivity contribution < 1.29 is 4.79 Å². The minimum absolute atomic E-state index is 0.0543. The van der Waals surface area contributed by atoms with Crippen LogP contribution in [0.2, 0.25) is 0 Å². The third-order valence-electron chi connectivity index (χ3n) is 2.43. The largest absolute Gasteiger partial charge is 0.344 e. The number of fused-ring (bicyclic) bond motifs is 1. The van der Waals surface area contributed by atoms with Gasteiger partial charge in [-0.1, -0.05) is 5.92 Å². The molecule has 0 saturated heterocycles. The van der Waals surface area contributed by atoms with Gasteiger partial charge in [-0.2, -0.15) is 5.10 Å². The zero-order chi connectivity index (χ0) is 13.1. The highest BCUT2D eigenvalue weighted by Gasteiger charge is 2.08. The van der Waals surface area contributed by atoms with Gasteiger partial charge in [0.2, 0.25) is 5.91 Å². The molecule has 0 radical (unpaired) electrons. The van der Waals surface area contributed by atoms with Crippen LogP contribution in [0.5, 0.6) is 0 Å². The molecule has 0 aliphatic carbocycles. The van der Waals surface area contributed by atoms with E-state index in [-0.39, 0.29) is 24.6 Å². The van der Waals surface area contributed by atoms with Gasteiger partial charge in [-0.3, -0.25) is 9.59 Å². The molecule has 2 aromatic heterocycles. The Hall–Kier alpha value is -2.55. The Morgan fingerprint density at radius 2 is 2.33 bits per heavy atom. The van der Waals surface area contributed by atoms with E-state index in [0.29, 0.717) is 5.52 Å². The molecule has 2 rings (SSSR count). The van der Waals surface area contributed by atoms with Crippen LogP contribution in [0.15, 0.2) is 23.3 Å². The van der Waals surface area contributed by atoms with Gasteiger partial charge in [-0.15, -0.1) is 6.42 Å². The molecule has 0 unspecified atom stereocenters. The molecule has 0 spiro atoms. The number of nitrogens with one attached hydrogen (secondary N) is 1. The van der Waals surface area contributed by atoms with Gasteiger partial charge in [0.25, 0.3) is 5.56 Å². The number of aryl methyl sites for hydroxylation is 1. The average molecular weight is 244 g/mol. The first kappa shape index (κ1) is 11.9. The molecule has 1 amide bonds.